The van der Waals surface area contributed by atoms with Gasteiger partial charge >= 0.3 is 0 Å². The van der Waals surface area contributed by atoms with E-state index in [1.54, 1.807) is 0 Å². The summed E-state index contributed by atoms with van der Waals surface area (Å²) < 4.78 is 59.8. The van der Waals surface area contributed by atoms with E-state index in [0.717, 1.165) is 0 Å². The molecule has 2 N–H and O–H groups in total. The number of thiophene rings is 1. The zero-order chi connectivity index (χ0) is 25.4. The molecule has 0 saturated carbocycles. The van der Waals surface area contributed by atoms with Crippen molar-refractivity contribution in [2.24, 2.45) is 0 Å². The molecule has 0 spiro atoms. The summed E-state index contributed by atoms with van der Waals surface area (Å²) in [5.74, 6) is -0.742. The van der Waals surface area contributed by atoms with Crippen LogP contribution in [0.15, 0.2) is 14.5 Å². The maximum absolute atomic E-state index is 13.1. The van der Waals surface area contributed by atoms with E-state index >= 15 is 0 Å². The van der Waals surface area contributed by atoms with Gasteiger partial charge in [0.05, 0.1) is 6.61 Å². The van der Waals surface area contributed by atoms with Gasteiger partial charge in [0.2, 0.25) is 5.91 Å². The van der Waals surface area contributed by atoms with Crippen molar-refractivity contribution in [3.8, 4) is 0 Å². The zero-order valence-corrected chi connectivity index (χ0v) is 21.5. The number of hydrogen-bond acceptors (Lipinski definition) is 11. The van der Waals surface area contributed by atoms with E-state index < -0.39 is 31.0 Å². The van der Waals surface area contributed by atoms with E-state index in [0.29, 0.717) is 55.7 Å². The summed E-state index contributed by atoms with van der Waals surface area (Å²) in [7, 11) is -6.63. The highest BCUT2D eigenvalue weighted by Crippen LogP contribution is 2.40. The van der Waals surface area contributed by atoms with Gasteiger partial charge in [-0.3, -0.25) is 4.79 Å². The molecule has 0 aliphatic carbocycles. The van der Waals surface area contributed by atoms with Crippen LogP contribution in [0.2, 0.25) is 0 Å². The first-order valence-corrected chi connectivity index (χ1v) is 14.5. The fourth-order valence-corrected chi connectivity index (χ4v) is 8.33. The van der Waals surface area contributed by atoms with Crippen molar-refractivity contribution in [2.45, 2.75) is 53.5 Å². The number of methoxy groups -OCH3 is 1. The average Bonchev–Trinajstić information content (AvgIpc) is 3.22. The standard InChI is InChI=1S/C18H30N4O9S3/c1-3-19-15-13-21(9-7-10-30-2)34(28,29)18-14(15)12-17(32-18)33(26,27)20-16(23)8-5-4-6-11-31-22(24)25/h12,15,19H,3-11,13H2,1-2H3,(H,20,23)/t15-/m0/s1. The summed E-state index contributed by atoms with van der Waals surface area (Å²) in [5, 5.41) is 12.4. The van der Waals surface area contributed by atoms with Crippen LogP contribution in [-0.4, -0.2) is 72.1 Å². The topological polar surface area (TPSA) is 174 Å². The maximum atomic E-state index is 13.1. The van der Waals surface area contributed by atoms with Crippen LogP contribution >= 0.6 is 11.3 Å². The number of carbonyl (C=O) groups is 1. The molecule has 1 atom stereocenters. The number of sulfonamides is 2. The Hall–Kier alpha value is -1.85. The SMILES string of the molecule is CCN[C@H]1CN(CCCOC)S(=O)(=O)c2sc(S(=O)(=O)NC(=O)CCCCCO[N+](=O)[O-])cc21. The molecule has 1 aliphatic rings. The molecule has 194 valence electrons. The van der Waals surface area contributed by atoms with Gasteiger partial charge in [-0.25, -0.2) is 21.6 Å². The number of hydrogen-bond donors (Lipinski definition) is 2. The lowest BCUT2D eigenvalue weighted by atomic mass is 10.1. The zero-order valence-electron chi connectivity index (χ0n) is 19.0. The lowest BCUT2D eigenvalue weighted by Crippen LogP contribution is -2.43. The Bertz CT molecular complexity index is 1060. The summed E-state index contributed by atoms with van der Waals surface area (Å²) in [4.78, 5) is 26.4. The van der Waals surface area contributed by atoms with E-state index in [9.17, 15) is 31.7 Å². The molecule has 1 amide bonds. The Morgan fingerprint density at radius 1 is 1.29 bits per heavy atom. The summed E-state index contributed by atoms with van der Waals surface area (Å²) >= 11 is 0.617. The molecule has 0 fully saturated rings. The van der Waals surface area contributed by atoms with Crippen LogP contribution in [0.5, 0.6) is 0 Å². The third-order valence-electron chi connectivity index (χ3n) is 5.00. The third kappa shape index (κ3) is 7.58. The number of fused-ring (bicyclic) bond motifs is 1. The summed E-state index contributed by atoms with van der Waals surface area (Å²) in [5.41, 5.74) is 0.369. The first kappa shape index (κ1) is 28.4. The van der Waals surface area contributed by atoms with Crippen molar-refractivity contribution in [2.75, 3.05) is 40.0 Å². The number of rotatable bonds is 15. The van der Waals surface area contributed by atoms with Crippen molar-refractivity contribution in [3.63, 3.8) is 0 Å². The molecule has 0 aromatic carbocycles. The van der Waals surface area contributed by atoms with Crippen molar-refractivity contribution < 1.29 is 36.3 Å². The molecule has 0 unspecified atom stereocenters. The number of amides is 1. The van der Waals surface area contributed by atoms with E-state index in [1.807, 2.05) is 11.6 Å². The first-order chi connectivity index (χ1) is 16.0. The lowest BCUT2D eigenvalue weighted by Gasteiger charge is -2.32. The Balaban J connectivity index is 2.11. The second kappa shape index (κ2) is 12.7. The van der Waals surface area contributed by atoms with Gasteiger partial charge in [-0.2, -0.15) is 4.31 Å². The highest BCUT2D eigenvalue weighted by Gasteiger charge is 2.40. The van der Waals surface area contributed by atoms with Crippen LogP contribution in [0.25, 0.3) is 0 Å². The Labute approximate surface area is 203 Å². The number of nitrogens with one attached hydrogen (secondary N) is 2. The van der Waals surface area contributed by atoms with Gasteiger partial charge in [-0.15, -0.1) is 21.5 Å². The van der Waals surface area contributed by atoms with Crippen LogP contribution in [0.1, 0.15) is 50.6 Å². The van der Waals surface area contributed by atoms with Crippen LogP contribution in [0.4, 0.5) is 0 Å². The van der Waals surface area contributed by atoms with E-state index in [1.165, 1.54) is 17.5 Å². The molecule has 0 radical (unpaired) electrons. The highest BCUT2D eigenvalue weighted by atomic mass is 32.3. The fourth-order valence-electron chi connectivity index (χ4n) is 3.43. The minimum atomic E-state index is -4.26. The molecule has 13 nitrogen and oxygen atoms in total. The van der Waals surface area contributed by atoms with Gasteiger partial charge in [0.1, 0.15) is 8.42 Å². The molecular formula is C18H30N4O9S3. The lowest BCUT2D eigenvalue weighted by molar-refractivity contribution is -0.757. The normalized spacial score (nSPS) is 17.8. The quantitative estimate of drug-likeness (QED) is 0.185. The van der Waals surface area contributed by atoms with Gasteiger partial charge < -0.3 is 14.9 Å². The second-order valence-electron chi connectivity index (χ2n) is 7.52. The summed E-state index contributed by atoms with van der Waals surface area (Å²) in [6.07, 6.45) is 1.50. The predicted molar refractivity (Wildman–Crippen MR) is 123 cm³/mol. The third-order valence-corrected chi connectivity index (χ3v) is 10.4. The van der Waals surface area contributed by atoms with E-state index in [4.69, 9.17) is 4.74 Å². The Morgan fingerprint density at radius 3 is 2.68 bits per heavy atom. The van der Waals surface area contributed by atoms with Crippen molar-refractivity contribution in [1.29, 1.82) is 0 Å². The monoisotopic (exact) mass is 542 g/mol. The minimum Gasteiger partial charge on any atom is -0.385 e. The first-order valence-electron chi connectivity index (χ1n) is 10.7. The van der Waals surface area contributed by atoms with Gasteiger partial charge in [-0.1, -0.05) is 13.3 Å². The molecule has 1 aromatic rings. The van der Waals surface area contributed by atoms with E-state index in [-0.39, 0.29) is 40.6 Å². The molecule has 2 rings (SSSR count). The summed E-state index contributed by atoms with van der Waals surface area (Å²) in [6, 6.07) is 0.922. The molecule has 1 aliphatic heterocycles. The van der Waals surface area contributed by atoms with Crippen LogP contribution < -0.4 is 10.0 Å². The van der Waals surface area contributed by atoms with E-state index in [2.05, 4.69) is 10.2 Å². The number of likely N-dealkylation sites (N-methyl/N-ethyl adjacent to an activating group) is 1. The average molecular weight is 543 g/mol. The van der Waals surface area contributed by atoms with Crippen LogP contribution in [0.3, 0.4) is 0 Å². The second-order valence-corrected chi connectivity index (χ2v) is 12.6. The molecular weight excluding hydrogens is 512 g/mol. The van der Waals surface area contributed by atoms with Crippen molar-refractivity contribution >= 4 is 37.3 Å². The van der Waals surface area contributed by atoms with Crippen LogP contribution in [0, 0.1) is 10.1 Å². The minimum absolute atomic E-state index is 0.0549. The smallest absolute Gasteiger partial charge is 0.294 e. The van der Waals surface area contributed by atoms with Gasteiger partial charge in [0.25, 0.3) is 25.1 Å². The Morgan fingerprint density at radius 2 is 2.03 bits per heavy atom. The molecule has 1 aromatic heterocycles. The number of ether oxygens (including phenoxy) is 1. The van der Waals surface area contributed by atoms with Gasteiger partial charge in [0, 0.05) is 44.8 Å². The fraction of sp³-hybridized carbons (Fsp3) is 0.722. The maximum Gasteiger partial charge on any atom is 0.294 e. The number of carbonyl (C=O) groups excluding carboxylic acids is 1. The van der Waals surface area contributed by atoms with Crippen molar-refractivity contribution in [1.82, 2.24) is 14.3 Å². The Kier molecular flexibility index (Phi) is 10.6. The largest absolute Gasteiger partial charge is 0.385 e. The van der Waals surface area contributed by atoms with Gasteiger partial charge in [0.15, 0.2) is 0 Å². The van der Waals surface area contributed by atoms with Crippen molar-refractivity contribution in [3.05, 3.63) is 21.7 Å². The molecule has 0 saturated heterocycles. The molecule has 34 heavy (non-hydrogen) atoms. The number of nitrogens with zero attached hydrogens (tertiary/aromatic N) is 2. The molecule has 0 bridgehead atoms. The predicted octanol–water partition coefficient (Wildman–Crippen LogP) is 1.01. The number of unbranched alkanes of at least 4 members (excludes halogenated alkanes) is 2. The molecule has 16 heteroatoms. The summed E-state index contributed by atoms with van der Waals surface area (Å²) in [6.45, 7) is 3.11. The van der Waals surface area contributed by atoms with Gasteiger partial charge in [-0.05, 0) is 31.9 Å². The van der Waals surface area contributed by atoms with Crippen LogP contribution in [-0.2, 0) is 34.4 Å². The highest BCUT2D eigenvalue weighted by molar-refractivity contribution is 7.94. The molecule has 2 heterocycles.